The normalized spacial score (nSPS) is 16.3. The van der Waals surface area contributed by atoms with Gasteiger partial charge in [0.15, 0.2) is 0 Å². The van der Waals surface area contributed by atoms with Crippen LogP contribution in [0.25, 0.3) is 0 Å². The van der Waals surface area contributed by atoms with E-state index >= 15 is 0 Å². The second-order valence-electron chi connectivity index (χ2n) is 5.51. The van der Waals surface area contributed by atoms with Crippen LogP contribution in [0.2, 0.25) is 0 Å². The number of hydrogen-bond donors (Lipinski definition) is 0. The second kappa shape index (κ2) is 7.85. The zero-order chi connectivity index (χ0) is 14.3. The lowest BCUT2D eigenvalue weighted by Crippen LogP contribution is -2.16. The van der Waals surface area contributed by atoms with E-state index in [2.05, 4.69) is 36.3 Å². The lowest BCUT2D eigenvalue weighted by Gasteiger charge is -2.27. The lowest BCUT2D eigenvalue weighted by molar-refractivity contribution is 0.250. The average Bonchev–Trinajstić information content (AvgIpc) is 2.81. The Hall–Kier alpha value is -0.620. The average molecular weight is 286 g/mol. The van der Waals surface area contributed by atoms with Gasteiger partial charge >= 0.3 is 5.16 Å². The van der Waals surface area contributed by atoms with Crippen molar-refractivity contribution < 1.29 is 4.55 Å². The molecule has 2 unspecified atom stereocenters. The van der Waals surface area contributed by atoms with Gasteiger partial charge in [0.25, 0.3) is 0 Å². The van der Waals surface area contributed by atoms with Crippen LogP contribution in [0.5, 0.6) is 0 Å². The van der Waals surface area contributed by atoms with Crippen molar-refractivity contribution in [1.82, 2.24) is 20.2 Å². The van der Waals surface area contributed by atoms with E-state index in [-0.39, 0.29) is 0 Å². The predicted octanol–water partition coefficient (Wildman–Crippen LogP) is 2.70. The lowest BCUT2D eigenvalue weighted by atomic mass is 9.79. The summed E-state index contributed by atoms with van der Waals surface area (Å²) in [5, 5.41) is 11.5. The zero-order valence-electron chi connectivity index (χ0n) is 12.6. The van der Waals surface area contributed by atoms with Crippen LogP contribution >= 0.6 is 0 Å². The van der Waals surface area contributed by atoms with E-state index < -0.39 is 11.2 Å². The molecule has 1 aromatic heterocycles. The van der Waals surface area contributed by atoms with Crippen molar-refractivity contribution in [3.8, 4) is 0 Å². The Morgan fingerprint density at radius 1 is 1.26 bits per heavy atom. The molecule has 1 heterocycles. The molecule has 0 N–H and O–H groups in total. The highest BCUT2D eigenvalue weighted by Crippen LogP contribution is 2.33. The van der Waals surface area contributed by atoms with E-state index in [1.54, 1.807) is 7.05 Å². The first-order valence-corrected chi connectivity index (χ1v) is 8.45. The summed E-state index contributed by atoms with van der Waals surface area (Å²) >= 11 is -1.07. The van der Waals surface area contributed by atoms with E-state index in [0.29, 0.717) is 16.3 Å². The standard InChI is InChI=1S/C13H26N4OS/c1-5-9-13(3,6-2)10-7-8-11-19(18)12-14-15-16-17(12)4/h5-11H2,1-4H3. The van der Waals surface area contributed by atoms with Crippen LogP contribution in [0.4, 0.5) is 0 Å². The molecule has 1 aromatic rings. The molecule has 0 spiro atoms. The van der Waals surface area contributed by atoms with Crippen LogP contribution in [-0.2, 0) is 18.2 Å². The van der Waals surface area contributed by atoms with Gasteiger partial charge in [-0.25, -0.2) is 0 Å². The molecule has 19 heavy (non-hydrogen) atoms. The highest BCUT2D eigenvalue weighted by Gasteiger charge is 2.22. The van der Waals surface area contributed by atoms with Gasteiger partial charge in [0.2, 0.25) is 0 Å². The maximum absolute atomic E-state index is 12.0. The monoisotopic (exact) mass is 286 g/mol. The number of hydrogen-bond acceptors (Lipinski definition) is 4. The summed E-state index contributed by atoms with van der Waals surface area (Å²) in [6, 6.07) is 0. The van der Waals surface area contributed by atoms with Gasteiger partial charge in [-0.15, -0.1) is 0 Å². The van der Waals surface area contributed by atoms with Crippen LogP contribution < -0.4 is 0 Å². The van der Waals surface area contributed by atoms with E-state index in [9.17, 15) is 4.55 Å². The molecule has 0 saturated heterocycles. The van der Waals surface area contributed by atoms with E-state index in [1.807, 2.05) is 0 Å². The minimum absolute atomic E-state index is 0.447. The fraction of sp³-hybridized carbons (Fsp3) is 0.923. The van der Waals surface area contributed by atoms with Crippen LogP contribution in [-0.4, -0.2) is 30.5 Å². The zero-order valence-corrected chi connectivity index (χ0v) is 13.4. The van der Waals surface area contributed by atoms with Gasteiger partial charge in [0.1, 0.15) is 5.75 Å². The molecule has 110 valence electrons. The van der Waals surface area contributed by atoms with Gasteiger partial charge in [0.05, 0.1) is 0 Å². The number of aryl methyl sites for hydroxylation is 1. The van der Waals surface area contributed by atoms with Crippen molar-refractivity contribution in [2.45, 2.75) is 64.5 Å². The Balaban J connectivity index is 2.29. The first-order chi connectivity index (χ1) is 9.02. The quantitative estimate of drug-likeness (QED) is 0.517. The molecule has 2 atom stereocenters. The smallest absolute Gasteiger partial charge is 0.360 e. The van der Waals surface area contributed by atoms with Gasteiger partial charge in [-0.1, -0.05) is 38.7 Å². The third kappa shape index (κ3) is 5.10. The first kappa shape index (κ1) is 16.4. The molecule has 5 nitrogen and oxygen atoms in total. The van der Waals surface area contributed by atoms with Crippen molar-refractivity contribution in [2.24, 2.45) is 12.5 Å². The minimum Gasteiger partial charge on any atom is -0.609 e. The molecule has 0 bridgehead atoms. The van der Waals surface area contributed by atoms with E-state index in [0.717, 1.165) is 12.8 Å². The van der Waals surface area contributed by atoms with Crippen LogP contribution in [0.15, 0.2) is 5.16 Å². The second-order valence-corrected chi connectivity index (χ2v) is 6.97. The molecule has 0 aliphatic heterocycles. The van der Waals surface area contributed by atoms with Gasteiger partial charge < -0.3 is 4.55 Å². The maximum atomic E-state index is 12.0. The van der Waals surface area contributed by atoms with Gasteiger partial charge in [0, 0.05) is 18.2 Å². The van der Waals surface area contributed by atoms with Gasteiger partial charge in [-0.3, -0.25) is 0 Å². The summed E-state index contributed by atoms with van der Waals surface area (Å²) in [4.78, 5) is 0. The van der Waals surface area contributed by atoms with E-state index in [1.165, 1.54) is 30.4 Å². The summed E-state index contributed by atoms with van der Waals surface area (Å²) in [7, 11) is 1.72. The van der Waals surface area contributed by atoms with Crippen LogP contribution in [0.3, 0.4) is 0 Å². The molecular formula is C13H26N4OS. The SMILES string of the molecule is CCCC(C)(CC)CCCC[S+]([O-])c1nnnn1C. The van der Waals surface area contributed by atoms with E-state index in [4.69, 9.17) is 0 Å². The molecule has 6 heteroatoms. The molecule has 0 radical (unpaired) electrons. The molecule has 0 saturated carbocycles. The number of aromatic nitrogens is 4. The number of nitrogens with zero attached hydrogens (tertiary/aromatic N) is 4. The highest BCUT2D eigenvalue weighted by molar-refractivity contribution is 7.91. The van der Waals surface area contributed by atoms with Crippen molar-refractivity contribution in [2.75, 3.05) is 5.75 Å². The summed E-state index contributed by atoms with van der Waals surface area (Å²) in [6.07, 6.45) is 7.05. The number of rotatable bonds is 9. The minimum atomic E-state index is -1.07. The maximum Gasteiger partial charge on any atom is 0.360 e. The first-order valence-electron chi connectivity index (χ1n) is 7.13. The molecule has 1 rings (SSSR count). The van der Waals surface area contributed by atoms with Crippen molar-refractivity contribution in [3.63, 3.8) is 0 Å². The van der Waals surface area contributed by atoms with Crippen molar-refractivity contribution in [1.29, 1.82) is 0 Å². The Kier molecular flexibility index (Phi) is 6.79. The highest BCUT2D eigenvalue weighted by atomic mass is 32.2. The van der Waals surface area contributed by atoms with Crippen LogP contribution in [0.1, 0.15) is 59.3 Å². The molecule has 0 aromatic carbocycles. The van der Waals surface area contributed by atoms with Gasteiger partial charge in [-0.05, 0) is 41.5 Å². The fourth-order valence-corrected chi connectivity index (χ4v) is 3.48. The predicted molar refractivity (Wildman–Crippen MR) is 77.2 cm³/mol. The summed E-state index contributed by atoms with van der Waals surface area (Å²) in [5.41, 5.74) is 0.447. The summed E-state index contributed by atoms with van der Waals surface area (Å²) < 4.78 is 13.5. The van der Waals surface area contributed by atoms with Gasteiger partial charge in [-0.2, -0.15) is 4.68 Å². The number of unbranched alkanes of at least 4 members (excludes halogenated alkanes) is 1. The van der Waals surface area contributed by atoms with Crippen molar-refractivity contribution in [3.05, 3.63) is 0 Å². The Morgan fingerprint density at radius 3 is 2.53 bits per heavy atom. The molecule has 0 aliphatic carbocycles. The third-order valence-corrected chi connectivity index (χ3v) is 5.26. The summed E-state index contributed by atoms with van der Waals surface area (Å²) in [6.45, 7) is 6.86. The Morgan fingerprint density at radius 2 is 2.00 bits per heavy atom. The Labute approximate surface area is 119 Å². The number of tetrazole rings is 1. The molecule has 0 amide bonds. The molecular weight excluding hydrogens is 260 g/mol. The third-order valence-electron chi connectivity index (χ3n) is 3.85. The fourth-order valence-electron chi connectivity index (χ4n) is 2.37. The molecule has 0 aliphatic rings. The largest absolute Gasteiger partial charge is 0.609 e. The topological polar surface area (TPSA) is 66.7 Å². The van der Waals surface area contributed by atoms with Crippen molar-refractivity contribution >= 4 is 11.2 Å². The van der Waals surface area contributed by atoms with Crippen LogP contribution in [0, 0.1) is 5.41 Å². The molecule has 0 fully saturated rings. The summed E-state index contributed by atoms with van der Waals surface area (Å²) in [5.74, 6) is 0.653. The Bertz CT molecular complexity index is 371.